The summed E-state index contributed by atoms with van der Waals surface area (Å²) in [4.78, 5) is 0. The molecule has 0 aromatic heterocycles. The zero-order valence-electron chi connectivity index (χ0n) is 13.3. The highest BCUT2D eigenvalue weighted by Gasteiger charge is 2.32. The van der Waals surface area contributed by atoms with Gasteiger partial charge in [0.2, 0.25) is 0 Å². The maximum atomic E-state index is 5.44. The molecule has 0 spiro atoms. The molecule has 1 aliphatic carbocycles. The van der Waals surface area contributed by atoms with Gasteiger partial charge in [-0.25, -0.2) is 0 Å². The molecule has 1 rings (SSSR count). The van der Waals surface area contributed by atoms with Gasteiger partial charge >= 0.3 is 0 Å². The van der Waals surface area contributed by atoms with Gasteiger partial charge in [-0.15, -0.1) is 0 Å². The Kier molecular flexibility index (Phi) is 6.13. The van der Waals surface area contributed by atoms with Crippen LogP contribution in [0.2, 0.25) is 0 Å². The van der Waals surface area contributed by atoms with Gasteiger partial charge in [0.1, 0.15) is 0 Å². The smallest absolute Gasteiger partial charge is 0.0493 e. The number of hydrogen-bond donors (Lipinski definition) is 1. The highest BCUT2D eigenvalue weighted by Crippen LogP contribution is 2.37. The van der Waals surface area contributed by atoms with Crippen LogP contribution in [0.1, 0.15) is 53.9 Å². The second kappa shape index (κ2) is 6.91. The lowest BCUT2D eigenvalue weighted by atomic mass is 9.70. The van der Waals surface area contributed by atoms with Crippen LogP contribution in [-0.2, 0) is 4.74 Å². The third-order valence-electron chi connectivity index (χ3n) is 4.40. The maximum Gasteiger partial charge on any atom is 0.0493 e. The molecule has 1 saturated carbocycles. The lowest BCUT2D eigenvalue weighted by Gasteiger charge is -2.39. The average molecular weight is 255 g/mol. The van der Waals surface area contributed by atoms with Crippen LogP contribution in [0.3, 0.4) is 0 Å². The maximum absolute atomic E-state index is 5.44. The van der Waals surface area contributed by atoms with Crippen LogP contribution in [0.15, 0.2) is 0 Å². The monoisotopic (exact) mass is 255 g/mol. The molecular weight excluding hydrogens is 222 g/mol. The molecule has 108 valence electrons. The second-order valence-corrected chi connectivity index (χ2v) is 7.42. The van der Waals surface area contributed by atoms with Crippen LogP contribution in [0.4, 0.5) is 0 Å². The first-order valence-electron chi connectivity index (χ1n) is 7.57. The molecule has 3 atom stereocenters. The first kappa shape index (κ1) is 16.0. The highest BCUT2D eigenvalue weighted by atomic mass is 16.5. The van der Waals surface area contributed by atoms with Gasteiger partial charge in [0.25, 0.3) is 0 Å². The molecule has 2 nitrogen and oxygen atoms in total. The molecular formula is C16H33NO. The largest absolute Gasteiger partial charge is 0.384 e. The van der Waals surface area contributed by atoms with E-state index in [2.05, 4.69) is 39.9 Å². The zero-order chi connectivity index (χ0) is 13.8. The summed E-state index contributed by atoms with van der Waals surface area (Å²) < 4.78 is 5.44. The van der Waals surface area contributed by atoms with E-state index in [0.717, 1.165) is 36.8 Å². The van der Waals surface area contributed by atoms with Crippen molar-refractivity contribution in [1.29, 1.82) is 0 Å². The van der Waals surface area contributed by atoms with E-state index in [4.69, 9.17) is 4.74 Å². The molecule has 0 bridgehead atoms. The number of ether oxygens (including phenoxy) is 1. The van der Waals surface area contributed by atoms with Crippen molar-refractivity contribution in [3.63, 3.8) is 0 Å². The summed E-state index contributed by atoms with van der Waals surface area (Å²) in [5.74, 6) is 3.25. The minimum absolute atomic E-state index is 0.229. The van der Waals surface area contributed by atoms with Crippen molar-refractivity contribution >= 4 is 0 Å². The molecule has 0 saturated heterocycles. The fourth-order valence-electron chi connectivity index (χ4n) is 3.09. The number of rotatable bonds is 5. The summed E-state index contributed by atoms with van der Waals surface area (Å²) in [6, 6.07) is 0. The molecule has 18 heavy (non-hydrogen) atoms. The topological polar surface area (TPSA) is 21.3 Å². The zero-order valence-corrected chi connectivity index (χ0v) is 13.3. The van der Waals surface area contributed by atoms with E-state index in [-0.39, 0.29) is 5.54 Å². The molecule has 0 heterocycles. The molecule has 0 aromatic rings. The van der Waals surface area contributed by atoms with Gasteiger partial charge in [-0.1, -0.05) is 13.8 Å². The first-order valence-corrected chi connectivity index (χ1v) is 7.57. The van der Waals surface area contributed by atoms with E-state index in [1.165, 1.54) is 19.3 Å². The third-order valence-corrected chi connectivity index (χ3v) is 4.40. The van der Waals surface area contributed by atoms with Gasteiger partial charge in [0, 0.05) is 19.3 Å². The summed E-state index contributed by atoms with van der Waals surface area (Å²) >= 11 is 0. The first-order chi connectivity index (χ1) is 8.33. The fraction of sp³-hybridized carbons (Fsp3) is 1.00. The fourth-order valence-corrected chi connectivity index (χ4v) is 3.09. The summed E-state index contributed by atoms with van der Waals surface area (Å²) in [5, 5.41) is 3.67. The highest BCUT2D eigenvalue weighted by molar-refractivity contribution is 4.84. The Morgan fingerprint density at radius 1 is 1.17 bits per heavy atom. The van der Waals surface area contributed by atoms with E-state index in [1.807, 2.05) is 7.11 Å². The van der Waals surface area contributed by atoms with E-state index in [0.29, 0.717) is 0 Å². The van der Waals surface area contributed by atoms with Crippen LogP contribution < -0.4 is 5.32 Å². The molecule has 2 heteroatoms. The van der Waals surface area contributed by atoms with Crippen molar-refractivity contribution < 1.29 is 4.74 Å². The normalized spacial score (nSPS) is 29.8. The van der Waals surface area contributed by atoms with Crippen LogP contribution in [0.5, 0.6) is 0 Å². The van der Waals surface area contributed by atoms with Crippen molar-refractivity contribution in [2.24, 2.45) is 23.7 Å². The van der Waals surface area contributed by atoms with E-state index < -0.39 is 0 Å². The number of methoxy groups -OCH3 is 1. The number of nitrogens with one attached hydrogen (secondary N) is 1. The van der Waals surface area contributed by atoms with Crippen molar-refractivity contribution in [3.05, 3.63) is 0 Å². The van der Waals surface area contributed by atoms with Crippen LogP contribution in [0.25, 0.3) is 0 Å². The van der Waals surface area contributed by atoms with Crippen molar-refractivity contribution in [3.8, 4) is 0 Å². The lowest BCUT2D eigenvalue weighted by Crippen LogP contribution is -2.43. The predicted molar refractivity (Wildman–Crippen MR) is 78.8 cm³/mol. The Hall–Kier alpha value is -0.0800. The van der Waals surface area contributed by atoms with Crippen LogP contribution >= 0.6 is 0 Å². The Morgan fingerprint density at radius 3 is 2.33 bits per heavy atom. The van der Waals surface area contributed by atoms with E-state index in [9.17, 15) is 0 Å². The van der Waals surface area contributed by atoms with Crippen LogP contribution in [0, 0.1) is 23.7 Å². The minimum atomic E-state index is 0.229. The summed E-state index contributed by atoms with van der Waals surface area (Å²) in [6.07, 6.45) is 4.11. The molecule has 3 unspecified atom stereocenters. The lowest BCUT2D eigenvalue weighted by molar-refractivity contribution is 0.0599. The molecule has 0 aromatic carbocycles. The third kappa shape index (κ3) is 5.27. The van der Waals surface area contributed by atoms with Gasteiger partial charge < -0.3 is 10.1 Å². The van der Waals surface area contributed by atoms with Gasteiger partial charge in [-0.3, -0.25) is 0 Å². The van der Waals surface area contributed by atoms with Crippen molar-refractivity contribution in [2.45, 2.75) is 59.4 Å². The molecule has 1 fully saturated rings. The molecule has 1 N–H and O–H groups in total. The Balaban J connectivity index is 2.51. The number of hydrogen-bond acceptors (Lipinski definition) is 2. The summed E-state index contributed by atoms with van der Waals surface area (Å²) in [6.45, 7) is 13.5. The summed E-state index contributed by atoms with van der Waals surface area (Å²) in [7, 11) is 1.84. The van der Waals surface area contributed by atoms with E-state index in [1.54, 1.807) is 0 Å². The minimum Gasteiger partial charge on any atom is -0.384 e. The van der Waals surface area contributed by atoms with Gasteiger partial charge in [0.05, 0.1) is 0 Å². The Bertz CT molecular complexity index is 232. The second-order valence-electron chi connectivity index (χ2n) is 7.42. The average Bonchev–Trinajstić information content (AvgIpc) is 2.26. The van der Waals surface area contributed by atoms with Gasteiger partial charge in [-0.2, -0.15) is 0 Å². The van der Waals surface area contributed by atoms with Crippen molar-refractivity contribution in [2.75, 3.05) is 20.3 Å². The molecule has 0 aliphatic heterocycles. The Labute approximate surface area is 114 Å². The predicted octanol–water partition coefficient (Wildman–Crippen LogP) is 3.71. The SMILES string of the molecule is COCC1CC(C(C)C)CCC1CNC(C)(C)C. The molecule has 0 amide bonds. The summed E-state index contributed by atoms with van der Waals surface area (Å²) in [5.41, 5.74) is 0.229. The van der Waals surface area contributed by atoms with Gasteiger partial charge in [0.15, 0.2) is 0 Å². The Morgan fingerprint density at radius 2 is 1.83 bits per heavy atom. The quantitative estimate of drug-likeness (QED) is 0.808. The molecule has 1 aliphatic rings. The molecule has 0 radical (unpaired) electrons. The standard InChI is InChI=1S/C16H33NO/c1-12(2)13-7-8-14(10-17-16(3,4)5)15(9-13)11-18-6/h12-15,17H,7-11H2,1-6H3. The van der Waals surface area contributed by atoms with Gasteiger partial charge in [-0.05, 0) is 70.3 Å². The van der Waals surface area contributed by atoms with Crippen LogP contribution in [-0.4, -0.2) is 25.8 Å². The van der Waals surface area contributed by atoms with Crippen molar-refractivity contribution in [1.82, 2.24) is 5.32 Å². The van der Waals surface area contributed by atoms with E-state index >= 15 is 0 Å².